The van der Waals surface area contributed by atoms with Gasteiger partial charge < -0.3 is 14.8 Å². The first-order chi connectivity index (χ1) is 10.1. The summed E-state index contributed by atoms with van der Waals surface area (Å²) < 4.78 is 10.6. The van der Waals surface area contributed by atoms with Crippen LogP contribution in [-0.4, -0.2) is 17.7 Å². The van der Waals surface area contributed by atoms with Crippen LogP contribution < -0.4 is 14.8 Å². The normalized spacial score (nSPS) is 12.5. The number of rotatable bonds is 4. The summed E-state index contributed by atoms with van der Waals surface area (Å²) in [7, 11) is 0. The molecule has 1 N–H and O–H groups in total. The van der Waals surface area contributed by atoms with E-state index in [0.717, 1.165) is 27.6 Å². The predicted octanol–water partition coefficient (Wildman–Crippen LogP) is 3.06. The number of carbonyl (C=O) groups is 1. The maximum Gasteiger partial charge on any atom is 0.231 e. The highest BCUT2D eigenvalue weighted by Gasteiger charge is 2.14. The molecule has 0 saturated heterocycles. The van der Waals surface area contributed by atoms with Crippen LogP contribution >= 0.6 is 11.3 Å². The van der Waals surface area contributed by atoms with Crippen molar-refractivity contribution in [3.8, 4) is 11.5 Å². The molecule has 1 aliphatic heterocycles. The fourth-order valence-corrected chi connectivity index (χ4v) is 2.89. The van der Waals surface area contributed by atoms with Crippen LogP contribution in [0.3, 0.4) is 0 Å². The van der Waals surface area contributed by atoms with Gasteiger partial charge in [0.2, 0.25) is 12.7 Å². The van der Waals surface area contributed by atoms with Gasteiger partial charge in [0.15, 0.2) is 16.6 Å². The van der Waals surface area contributed by atoms with E-state index >= 15 is 0 Å². The standard InChI is InChI=1S/C15H16N2O3S/c1-9-10(2)21-15(16-9)17-14(18)6-4-11-3-5-12-13(7-11)20-8-19-12/h3,5,7H,4,6,8H2,1-2H3,(H,16,17,18). The Bertz CT molecular complexity index is 662. The molecule has 0 spiro atoms. The molecule has 0 unspecified atom stereocenters. The van der Waals surface area contributed by atoms with Crippen molar-refractivity contribution >= 4 is 22.4 Å². The van der Waals surface area contributed by atoms with Crippen LogP contribution in [0.15, 0.2) is 18.2 Å². The second-order valence-electron chi connectivity index (χ2n) is 4.90. The number of carbonyl (C=O) groups excluding carboxylic acids is 1. The fourth-order valence-electron chi connectivity index (χ4n) is 2.06. The fraction of sp³-hybridized carbons (Fsp3) is 0.333. The highest BCUT2D eigenvalue weighted by Crippen LogP contribution is 2.32. The number of benzene rings is 1. The summed E-state index contributed by atoms with van der Waals surface area (Å²) >= 11 is 1.50. The first kappa shape index (κ1) is 13.9. The smallest absolute Gasteiger partial charge is 0.231 e. The minimum absolute atomic E-state index is 0.0265. The van der Waals surface area contributed by atoms with Gasteiger partial charge in [0.1, 0.15) is 0 Å². The lowest BCUT2D eigenvalue weighted by Gasteiger charge is -2.03. The topological polar surface area (TPSA) is 60.5 Å². The Kier molecular flexibility index (Phi) is 3.79. The lowest BCUT2D eigenvalue weighted by molar-refractivity contribution is -0.116. The molecule has 0 bridgehead atoms. The minimum Gasteiger partial charge on any atom is -0.454 e. The molecule has 5 nitrogen and oxygen atoms in total. The number of ether oxygens (including phenoxy) is 2. The molecule has 21 heavy (non-hydrogen) atoms. The SMILES string of the molecule is Cc1nc(NC(=O)CCc2ccc3c(c2)OCO3)sc1C. The first-order valence-corrected chi connectivity index (χ1v) is 7.56. The minimum atomic E-state index is -0.0265. The molecule has 0 aliphatic carbocycles. The maximum absolute atomic E-state index is 11.9. The summed E-state index contributed by atoms with van der Waals surface area (Å²) in [5.74, 6) is 1.48. The molecule has 1 aromatic heterocycles. The van der Waals surface area contributed by atoms with E-state index in [9.17, 15) is 4.79 Å². The van der Waals surface area contributed by atoms with E-state index in [1.165, 1.54) is 11.3 Å². The van der Waals surface area contributed by atoms with Crippen molar-refractivity contribution < 1.29 is 14.3 Å². The number of hydrogen-bond donors (Lipinski definition) is 1. The van der Waals surface area contributed by atoms with Gasteiger partial charge in [-0.2, -0.15) is 0 Å². The van der Waals surface area contributed by atoms with Crippen molar-refractivity contribution in [3.05, 3.63) is 34.3 Å². The van der Waals surface area contributed by atoms with Crippen molar-refractivity contribution in [3.63, 3.8) is 0 Å². The van der Waals surface area contributed by atoms with Gasteiger partial charge in [0, 0.05) is 11.3 Å². The Labute approximate surface area is 126 Å². The van der Waals surface area contributed by atoms with Gasteiger partial charge >= 0.3 is 0 Å². The molecular weight excluding hydrogens is 288 g/mol. The van der Waals surface area contributed by atoms with E-state index in [1.54, 1.807) is 0 Å². The van der Waals surface area contributed by atoms with E-state index in [-0.39, 0.29) is 12.7 Å². The van der Waals surface area contributed by atoms with Crippen LogP contribution in [0.4, 0.5) is 5.13 Å². The number of nitrogens with zero attached hydrogens (tertiary/aromatic N) is 1. The van der Waals surface area contributed by atoms with E-state index < -0.39 is 0 Å². The second kappa shape index (κ2) is 5.73. The summed E-state index contributed by atoms with van der Waals surface area (Å²) in [6, 6.07) is 5.76. The van der Waals surface area contributed by atoms with Crippen LogP contribution in [0.25, 0.3) is 0 Å². The molecule has 1 aromatic carbocycles. The Balaban J connectivity index is 1.56. The average Bonchev–Trinajstić information content (AvgIpc) is 3.03. The van der Waals surface area contributed by atoms with Gasteiger partial charge in [-0.25, -0.2) is 4.98 Å². The van der Waals surface area contributed by atoms with Gasteiger partial charge in [-0.1, -0.05) is 6.07 Å². The third kappa shape index (κ3) is 3.16. The number of aryl methyl sites for hydroxylation is 3. The number of aromatic nitrogens is 1. The third-order valence-corrected chi connectivity index (χ3v) is 4.34. The molecule has 0 saturated carbocycles. The zero-order chi connectivity index (χ0) is 14.8. The largest absolute Gasteiger partial charge is 0.454 e. The molecule has 0 fully saturated rings. The lowest BCUT2D eigenvalue weighted by Crippen LogP contribution is -2.12. The monoisotopic (exact) mass is 304 g/mol. The average molecular weight is 304 g/mol. The molecule has 1 amide bonds. The number of anilines is 1. The molecule has 0 radical (unpaired) electrons. The molecule has 2 aromatic rings. The highest BCUT2D eigenvalue weighted by atomic mass is 32.1. The van der Waals surface area contributed by atoms with Gasteiger partial charge in [0.05, 0.1) is 5.69 Å². The molecule has 0 atom stereocenters. The highest BCUT2D eigenvalue weighted by molar-refractivity contribution is 7.15. The number of amides is 1. The summed E-state index contributed by atoms with van der Waals surface area (Å²) in [6.07, 6.45) is 1.07. The van der Waals surface area contributed by atoms with Crippen LogP contribution in [-0.2, 0) is 11.2 Å². The summed E-state index contributed by atoms with van der Waals surface area (Å²) in [5.41, 5.74) is 2.02. The maximum atomic E-state index is 11.9. The van der Waals surface area contributed by atoms with Crippen molar-refractivity contribution in [1.82, 2.24) is 4.98 Å². The quantitative estimate of drug-likeness (QED) is 0.943. The van der Waals surface area contributed by atoms with E-state index in [0.29, 0.717) is 18.0 Å². The molecule has 2 heterocycles. The third-order valence-electron chi connectivity index (χ3n) is 3.35. The number of hydrogen-bond acceptors (Lipinski definition) is 5. The first-order valence-electron chi connectivity index (χ1n) is 6.74. The number of fused-ring (bicyclic) bond motifs is 1. The molecule has 110 valence electrons. The molecular formula is C15H16N2O3S. The van der Waals surface area contributed by atoms with Crippen LogP contribution in [0.1, 0.15) is 22.6 Å². The Morgan fingerprint density at radius 1 is 1.33 bits per heavy atom. The van der Waals surface area contributed by atoms with Crippen molar-refractivity contribution in [1.29, 1.82) is 0 Å². The van der Waals surface area contributed by atoms with E-state index in [2.05, 4.69) is 10.3 Å². The van der Waals surface area contributed by atoms with Crippen molar-refractivity contribution in [2.24, 2.45) is 0 Å². The van der Waals surface area contributed by atoms with Crippen LogP contribution in [0.5, 0.6) is 11.5 Å². The molecule has 6 heteroatoms. The van der Waals surface area contributed by atoms with Crippen molar-refractivity contribution in [2.75, 3.05) is 12.1 Å². The Morgan fingerprint density at radius 2 is 2.14 bits per heavy atom. The van der Waals surface area contributed by atoms with Gasteiger partial charge in [0.25, 0.3) is 0 Å². The van der Waals surface area contributed by atoms with Crippen molar-refractivity contribution in [2.45, 2.75) is 26.7 Å². The number of thiazole rings is 1. The van der Waals surface area contributed by atoms with Gasteiger partial charge in [-0.05, 0) is 38.0 Å². The molecule has 3 rings (SSSR count). The summed E-state index contributed by atoms with van der Waals surface area (Å²) in [5, 5.41) is 3.51. The predicted molar refractivity (Wildman–Crippen MR) is 81.1 cm³/mol. The summed E-state index contributed by atoms with van der Waals surface area (Å²) in [4.78, 5) is 17.4. The number of nitrogens with one attached hydrogen (secondary N) is 1. The van der Waals surface area contributed by atoms with E-state index in [1.807, 2.05) is 32.0 Å². The Hall–Kier alpha value is -2.08. The summed E-state index contributed by atoms with van der Waals surface area (Å²) in [6.45, 7) is 4.20. The van der Waals surface area contributed by atoms with Gasteiger partial charge in [-0.15, -0.1) is 11.3 Å². The van der Waals surface area contributed by atoms with Gasteiger partial charge in [-0.3, -0.25) is 4.79 Å². The Morgan fingerprint density at radius 3 is 2.90 bits per heavy atom. The van der Waals surface area contributed by atoms with Crippen LogP contribution in [0, 0.1) is 13.8 Å². The van der Waals surface area contributed by atoms with E-state index in [4.69, 9.17) is 9.47 Å². The zero-order valence-electron chi connectivity index (χ0n) is 11.9. The second-order valence-corrected chi connectivity index (χ2v) is 6.10. The van der Waals surface area contributed by atoms with Crippen LogP contribution in [0.2, 0.25) is 0 Å². The zero-order valence-corrected chi connectivity index (χ0v) is 12.8. The lowest BCUT2D eigenvalue weighted by atomic mass is 10.1. The molecule has 1 aliphatic rings.